The van der Waals surface area contributed by atoms with Gasteiger partial charge in [0, 0.05) is 17.5 Å². The van der Waals surface area contributed by atoms with Crippen molar-refractivity contribution in [3.8, 4) is 5.75 Å². The van der Waals surface area contributed by atoms with Crippen LogP contribution in [0.3, 0.4) is 0 Å². The van der Waals surface area contributed by atoms with E-state index in [0.717, 1.165) is 0 Å². The number of phenolic OH excluding ortho intramolecular Hbond substituents is 1. The summed E-state index contributed by atoms with van der Waals surface area (Å²) < 4.78 is 13.3. The normalized spacial score (nSPS) is 23.5. The number of rotatable bonds is 2. The summed E-state index contributed by atoms with van der Waals surface area (Å²) in [7, 11) is 0. The summed E-state index contributed by atoms with van der Waals surface area (Å²) in [6.07, 6.45) is -0.598. The van der Waals surface area contributed by atoms with Crippen LogP contribution < -0.4 is 5.32 Å². The van der Waals surface area contributed by atoms with E-state index in [1.807, 2.05) is 0 Å². The number of carboxylic acid groups (broad SMARTS) is 1. The van der Waals surface area contributed by atoms with E-state index in [-0.39, 0.29) is 23.3 Å². The number of benzene rings is 1. The van der Waals surface area contributed by atoms with Crippen LogP contribution in [0, 0.1) is 5.82 Å². The Balaban J connectivity index is 2.16. The van der Waals surface area contributed by atoms with E-state index >= 15 is 0 Å². The first-order chi connectivity index (χ1) is 7.09. The molecule has 1 aliphatic carbocycles. The fraction of sp³-hybridized carbons (Fsp3) is 0.300. The fourth-order valence-corrected chi connectivity index (χ4v) is 1.72. The summed E-state index contributed by atoms with van der Waals surface area (Å²) in [5, 5.41) is 20.2. The molecule has 1 fully saturated rings. The van der Waals surface area contributed by atoms with Gasteiger partial charge in [-0.15, -0.1) is 0 Å². The lowest BCUT2D eigenvalue weighted by molar-refractivity contribution is 0.193. The van der Waals surface area contributed by atoms with Crippen molar-refractivity contribution in [3.05, 3.63) is 29.6 Å². The largest absolute Gasteiger partial charge is 0.508 e. The molecule has 1 saturated carbocycles. The molecular formula is C10H10FNO3. The molecule has 0 bridgehead atoms. The van der Waals surface area contributed by atoms with Crippen LogP contribution in [0.2, 0.25) is 0 Å². The Labute approximate surface area is 85.4 Å². The molecule has 0 aromatic heterocycles. The zero-order valence-corrected chi connectivity index (χ0v) is 7.77. The maximum Gasteiger partial charge on any atom is 0.404 e. The van der Waals surface area contributed by atoms with Gasteiger partial charge in [0.2, 0.25) is 0 Å². The number of aromatic hydroxyl groups is 1. The summed E-state index contributed by atoms with van der Waals surface area (Å²) in [5.74, 6) is -0.855. The van der Waals surface area contributed by atoms with Gasteiger partial charge in [-0.05, 0) is 18.6 Å². The van der Waals surface area contributed by atoms with Crippen LogP contribution in [-0.2, 0) is 0 Å². The zero-order valence-electron chi connectivity index (χ0n) is 7.77. The molecule has 15 heavy (non-hydrogen) atoms. The summed E-state index contributed by atoms with van der Waals surface area (Å²) in [5.41, 5.74) is 0.205. The minimum absolute atomic E-state index is 0.116. The quantitative estimate of drug-likeness (QED) is 0.696. The highest BCUT2D eigenvalue weighted by atomic mass is 19.1. The van der Waals surface area contributed by atoms with Crippen LogP contribution in [0.25, 0.3) is 0 Å². The molecule has 0 spiro atoms. The van der Waals surface area contributed by atoms with E-state index < -0.39 is 11.9 Å². The Hall–Kier alpha value is -1.78. The minimum Gasteiger partial charge on any atom is -0.508 e. The Morgan fingerprint density at radius 1 is 1.53 bits per heavy atom. The number of halogens is 1. The summed E-state index contributed by atoms with van der Waals surface area (Å²) in [4.78, 5) is 10.3. The molecule has 80 valence electrons. The SMILES string of the molecule is O=C(O)NC1CC1c1c(O)cccc1F. The summed E-state index contributed by atoms with van der Waals surface area (Å²) >= 11 is 0. The lowest BCUT2D eigenvalue weighted by Gasteiger charge is -2.05. The van der Waals surface area contributed by atoms with Gasteiger partial charge in [-0.1, -0.05) is 6.07 Å². The van der Waals surface area contributed by atoms with Crippen molar-refractivity contribution in [2.45, 2.75) is 18.4 Å². The van der Waals surface area contributed by atoms with Crippen LogP contribution in [0.4, 0.5) is 9.18 Å². The number of hydrogen-bond donors (Lipinski definition) is 3. The van der Waals surface area contributed by atoms with E-state index in [9.17, 15) is 14.3 Å². The molecule has 1 aromatic carbocycles. The predicted octanol–water partition coefficient (Wildman–Crippen LogP) is 1.65. The number of carbonyl (C=O) groups is 1. The minimum atomic E-state index is -1.13. The highest BCUT2D eigenvalue weighted by Gasteiger charge is 2.42. The van der Waals surface area contributed by atoms with Gasteiger partial charge in [0.05, 0.1) is 0 Å². The summed E-state index contributed by atoms with van der Waals surface area (Å²) in [6, 6.07) is 3.78. The topological polar surface area (TPSA) is 69.6 Å². The number of hydrogen-bond acceptors (Lipinski definition) is 2. The first-order valence-electron chi connectivity index (χ1n) is 4.56. The molecule has 0 saturated heterocycles. The molecule has 2 atom stereocenters. The number of amides is 1. The van der Waals surface area contributed by atoms with Gasteiger partial charge in [-0.3, -0.25) is 0 Å². The highest BCUT2D eigenvalue weighted by molar-refractivity contribution is 5.66. The van der Waals surface area contributed by atoms with Crippen LogP contribution in [-0.4, -0.2) is 22.3 Å². The van der Waals surface area contributed by atoms with E-state index in [2.05, 4.69) is 5.32 Å². The standard InChI is InChI=1S/C10H10FNO3/c11-6-2-1-3-8(13)9(6)5-4-7(5)12-10(14)15/h1-3,5,7,12-13H,4H2,(H,14,15). The van der Waals surface area contributed by atoms with Crippen molar-refractivity contribution < 1.29 is 19.4 Å². The molecule has 0 aliphatic heterocycles. The third-order valence-corrected chi connectivity index (χ3v) is 2.50. The van der Waals surface area contributed by atoms with Crippen LogP contribution in [0.1, 0.15) is 17.9 Å². The predicted molar refractivity (Wildman–Crippen MR) is 50.4 cm³/mol. The lowest BCUT2D eigenvalue weighted by atomic mass is 10.1. The maximum atomic E-state index is 13.3. The molecule has 2 unspecified atom stereocenters. The first-order valence-corrected chi connectivity index (χ1v) is 4.56. The molecule has 0 radical (unpaired) electrons. The van der Waals surface area contributed by atoms with Crippen molar-refractivity contribution in [1.29, 1.82) is 0 Å². The molecule has 1 aliphatic rings. The monoisotopic (exact) mass is 211 g/mol. The molecule has 5 heteroatoms. The second-order valence-corrected chi connectivity index (χ2v) is 3.57. The van der Waals surface area contributed by atoms with Gasteiger partial charge in [-0.25, -0.2) is 9.18 Å². The maximum absolute atomic E-state index is 13.3. The van der Waals surface area contributed by atoms with Gasteiger partial charge in [0.1, 0.15) is 11.6 Å². The average molecular weight is 211 g/mol. The van der Waals surface area contributed by atoms with Crippen LogP contribution in [0.5, 0.6) is 5.75 Å². The van der Waals surface area contributed by atoms with Crippen molar-refractivity contribution in [3.63, 3.8) is 0 Å². The zero-order chi connectivity index (χ0) is 11.0. The average Bonchev–Trinajstić information content (AvgIpc) is 2.82. The fourth-order valence-electron chi connectivity index (χ4n) is 1.72. The smallest absolute Gasteiger partial charge is 0.404 e. The molecule has 1 aromatic rings. The highest BCUT2D eigenvalue weighted by Crippen LogP contribution is 2.45. The molecule has 2 rings (SSSR count). The van der Waals surface area contributed by atoms with E-state index in [1.165, 1.54) is 18.2 Å². The third kappa shape index (κ3) is 1.86. The summed E-state index contributed by atoms with van der Waals surface area (Å²) in [6.45, 7) is 0. The van der Waals surface area contributed by atoms with Gasteiger partial charge in [-0.2, -0.15) is 0 Å². The van der Waals surface area contributed by atoms with Crippen molar-refractivity contribution in [2.75, 3.05) is 0 Å². The van der Waals surface area contributed by atoms with Crippen molar-refractivity contribution in [2.24, 2.45) is 0 Å². The van der Waals surface area contributed by atoms with Crippen LogP contribution >= 0.6 is 0 Å². The Bertz CT molecular complexity index is 387. The molecule has 4 nitrogen and oxygen atoms in total. The third-order valence-electron chi connectivity index (χ3n) is 2.50. The molecule has 3 N–H and O–H groups in total. The molecule has 0 heterocycles. The second kappa shape index (κ2) is 3.42. The number of phenols is 1. The van der Waals surface area contributed by atoms with Gasteiger partial charge in [0.15, 0.2) is 0 Å². The lowest BCUT2D eigenvalue weighted by Crippen LogP contribution is -2.24. The van der Waals surface area contributed by atoms with Crippen molar-refractivity contribution in [1.82, 2.24) is 5.32 Å². The van der Waals surface area contributed by atoms with Gasteiger partial charge < -0.3 is 15.5 Å². The Morgan fingerprint density at radius 3 is 2.87 bits per heavy atom. The molecule has 1 amide bonds. The van der Waals surface area contributed by atoms with Gasteiger partial charge >= 0.3 is 6.09 Å². The number of nitrogens with one attached hydrogen (secondary N) is 1. The Morgan fingerprint density at radius 2 is 2.27 bits per heavy atom. The first kappa shape index (κ1) is 9.76. The molecular weight excluding hydrogens is 201 g/mol. The Kier molecular flexibility index (Phi) is 2.22. The second-order valence-electron chi connectivity index (χ2n) is 3.57. The van der Waals surface area contributed by atoms with Crippen LogP contribution in [0.15, 0.2) is 18.2 Å². The van der Waals surface area contributed by atoms with E-state index in [4.69, 9.17) is 5.11 Å². The van der Waals surface area contributed by atoms with Crippen molar-refractivity contribution >= 4 is 6.09 Å². The van der Waals surface area contributed by atoms with Gasteiger partial charge in [0.25, 0.3) is 0 Å². The van der Waals surface area contributed by atoms with E-state index in [0.29, 0.717) is 6.42 Å². The van der Waals surface area contributed by atoms with E-state index in [1.54, 1.807) is 0 Å².